The molecule has 0 spiro atoms. The summed E-state index contributed by atoms with van der Waals surface area (Å²) in [5.74, 6) is -2.34. The number of halogens is 2. The third-order valence-electron chi connectivity index (χ3n) is 1.96. The summed E-state index contributed by atoms with van der Waals surface area (Å²) in [6.07, 6.45) is 0. The van der Waals surface area contributed by atoms with E-state index >= 15 is 0 Å². The van der Waals surface area contributed by atoms with E-state index in [-0.39, 0.29) is 31.0 Å². The zero-order valence-electron chi connectivity index (χ0n) is 9.37. The van der Waals surface area contributed by atoms with Crippen LogP contribution in [0.4, 0.5) is 14.5 Å². The van der Waals surface area contributed by atoms with Crippen molar-refractivity contribution in [3.8, 4) is 6.07 Å². The molecule has 1 aromatic rings. The number of carbonyl (C=O) groups excluding carboxylic acids is 1. The van der Waals surface area contributed by atoms with Gasteiger partial charge in [0.2, 0.25) is 5.91 Å². The number of anilines is 1. The summed E-state index contributed by atoms with van der Waals surface area (Å²) < 4.78 is 31.5. The lowest BCUT2D eigenvalue weighted by Crippen LogP contribution is -2.21. The van der Waals surface area contributed by atoms with Gasteiger partial charge in [0.05, 0.1) is 18.2 Å². The maximum absolute atomic E-state index is 13.4. The number of nitrogens with one attached hydrogen (secondary N) is 1. The van der Waals surface area contributed by atoms with Crippen LogP contribution in [0.2, 0.25) is 0 Å². The van der Waals surface area contributed by atoms with Gasteiger partial charge in [-0.05, 0) is 12.1 Å². The number of nitrogens with zero attached hydrogens (tertiary/aromatic N) is 1. The first kappa shape index (κ1) is 13.9. The highest BCUT2D eigenvalue weighted by atomic mass is 19.1. The Balaban J connectivity index is 2.53. The summed E-state index contributed by atoms with van der Waals surface area (Å²) in [7, 11) is 0. The molecule has 0 saturated heterocycles. The molecule has 1 rings (SSSR count). The predicted molar refractivity (Wildman–Crippen MR) is 59.6 cm³/mol. The second-order valence-electron chi connectivity index (χ2n) is 3.37. The smallest absolute Gasteiger partial charge is 0.243 e. The zero-order valence-corrected chi connectivity index (χ0v) is 9.37. The molecule has 0 atom stereocenters. The van der Waals surface area contributed by atoms with E-state index < -0.39 is 17.5 Å². The minimum Gasteiger partial charge on any atom is -0.378 e. The average Bonchev–Trinajstić information content (AvgIpc) is 2.31. The van der Waals surface area contributed by atoms with Crippen LogP contribution in [0.3, 0.4) is 0 Å². The lowest BCUT2D eigenvalue weighted by molar-refractivity contribution is -0.122. The van der Waals surface area contributed by atoms with E-state index in [9.17, 15) is 13.6 Å². The number of nitrogens with two attached hydrogens (primary N) is 1. The topological polar surface area (TPSA) is 88.1 Å². The van der Waals surface area contributed by atoms with Crippen molar-refractivity contribution in [2.75, 3.05) is 25.1 Å². The van der Waals surface area contributed by atoms with E-state index in [1.165, 1.54) is 0 Å². The summed E-state index contributed by atoms with van der Waals surface area (Å²) in [5, 5.41) is 11.0. The normalized spacial score (nSPS) is 9.83. The summed E-state index contributed by atoms with van der Waals surface area (Å²) in [4.78, 5) is 10.3. The van der Waals surface area contributed by atoms with Gasteiger partial charge in [0.15, 0.2) is 11.6 Å². The number of ether oxygens (including phenoxy) is 1. The number of benzene rings is 1. The molecule has 3 N–H and O–H groups in total. The molecule has 0 saturated carbocycles. The van der Waals surface area contributed by atoms with E-state index in [1.807, 2.05) is 0 Å². The number of primary amides is 1. The SMILES string of the molecule is N#Cc1cc(F)c(NCCOCC(N)=O)c(F)c1. The van der Waals surface area contributed by atoms with Crippen molar-refractivity contribution in [2.45, 2.75) is 0 Å². The Kier molecular flexibility index (Phi) is 5.02. The number of rotatable bonds is 6. The van der Waals surface area contributed by atoms with Crippen LogP contribution < -0.4 is 11.1 Å². The van der Waals surface area contributed by atoms with Crippen LogP contribution in [-0.4, -0.2) is 25.7 Å². The first-order valence-electron chi connectivity index (χ1n) is 5.03. The van der Waals surface area contributed by atoms with Crippen LogP contribution in [0.1, 0.15) is 5.56 Å². The molecule has 0 heterocycles. The number of amides is 1. The Morgan fingerprint density at radius 3 is 2.56 bits per heavy atom. The molecule has 0 fully saturated rings. The fraction of sp³-hybridized carbons (Fsp3) is 0.273. The highest BCUT2D eigenvalue weighted by molar-refractivity contribution is 5.74. The highest BCUT2D eigenvalue weighted by Gasteiger charge is 2.10. The molecule has 0 unspecified atom stereocenters. The van der Waals surface area contributed by atoms with E-state index in [2.05, 4.69) is 5.32 Å². The number of carbonyl (C=O) groups is 1. The maximum Gasteiger partial charge on any atom is 0.243 e. The van der Waals surface area contributed by atoms with Crippen LogP contribution in [0, 0.1) is 23.0 Å². The van der Waals surface area contributed by atoms with Gasteiger partial charge in [-0.2, -0.15) is 5.26 Å². The molecule has 0 aliphatic rings. The van der Waals surface area contributed by atoms with Crippen molar-refractivity contribution in [1.82, 2.24) is 0 Å². The van der Waals surface area contributed by atoms with E-state index in [1.54, 1.807) is 6.07 Å². The maximum atomic E-state index is 13.4. The van der Waals surface area contributed by atoms with Gasteiger partial charge in [-0.25, -0.2) is 8.78 Å². The van der Waals surface area contributed by atoms with Crippen molar-refractivity contribution in [3.63, 3.8) is 0 Å². The van der Waals surface area contributed by atoms with E-state index in [4.69, 9.17) is 15.7 Å². The molecular weight excluding hydrogens is 244 g/mol. The summed E-state index contributed by atoms with van der Waals surface area (Å²) in [6, 6.07) is 3.49. The fourth-order valence-corrected chi connectivity index (χ4v) is 1.23. The molecule has 7 heteroatoms. The third-order valence-corrected chi connectivity index (χ3v) is 1.96. The Bertz CT molecular complexity index is 463. The summed E-state index contributed by atoms with van der Waals surface area (Å²) in [6.45, 7) is -0.0745. The fourth-order valence-electron chi connectivity index (χ4n) is 1.23. The van der Waals surface area contributed by atoms with Gasteiger partial charge in [0.1, 0.15) is 12.3 Å². The van der Waals surface area contributed by atoms with E-state index in [0.717, 1.165) is 12.1 Å². The monoisotopic (exact) mass is 255 g/mol. The molecule has 0 aliphatic heterocycles. The number of nitriles is 1. The van der Waals surface area contributed by atoms with Gasteiger partial charge in [-0.15, -0.1) is 0 Å². The molecule has 96 valence electrons. The van der Waals surface area contributed by atoms with Crippen LogP contribution in [0.25, 0.3) is 0 Å². The van der Waals surface area contributed by atoms with Gasteiger partial charge >= 0.3 is 0 Å². The Morgan fingerprint density at radius 1 is 1.44 bits per heavy atom. The van der Waals surface area contributed by atoms with Crippen LogP contribution in [-0.2, 0) is 9.53 Å². The summed E-state index contributed by atoms with van der Waals surface area (Å²) in [5.41, 5.74) is 4.40. The van der Waals surface area contributed by atoms with Crippen molar-refractivity contribution in [2.24, 2.45) is 5.73 Å². The lowest BCUT2D eigenvalue weighted by Gasteiger charge is -2.09. The minimum atomic E-state index is -0.860. The van der Waals surface area contributed by atoms with Crippen LogP contribution in [0.15, 0.2) is 12.1 Å². The minimum absolute atomic E-state index is 0.0713. The van der Waals surface area contributed by atoms with Gasteiger partial charge in [-0.3, -0.25) is 4.79 Å². The summed E-state index contributed by atoms with van der Waals surface area (Å²) >= 11 is 0. The molecule has 0 bridgehead atoms. The predicted octanol–water partition coefficient (Wildman–Crippen LogP) is 0.750. The van der Waals surface area contributed by atoms with Crippen molar-refractivity contribution < 1.29 is 18.3 Å². The van der Waals surface area contributed by atoms with Crippen molar-refractivity contribution in [3.05, 3.63) is 29.3 Å². The molecule has 1 aromatic carbocycles. The molecule has 0 aliphatic carbocycles. The Morgan fingerprint density at radius 2 is 2.06 bits per heavy atom. The second kappa shape index (κ2) is 6.51. The lowest BCUT2D eigenvalue weighted by atomic mass is 10.2. The van der Waals surface area contributed by atoms with Gasteiger partial charge in [0, 0.05) is 6.54 Å². The third kappa shape index (κ3) is 3.99. The second-order valence-corrected chi connectivity index (χ2v) is 3.37. The average molecular weight is 255 g/mol. The highest BCUT2D eigenvalue weighted by Crippen LogP contribution is 2.20. The zero-order chi connectivity index (χ0) is 13.5. The van der Waals surface area contributed by atoms with Crippen molar-refractivity contribution in [1.29, 1.82) is 5.26 Å². The Labute approximate surface area is 102 Å². The molecular formula is C11H11F2N3O2. The van der Waals surface area contributed by atoms with Crippen LogP contribution >= 0.6 is 0 Å². The van der Waals surface area contributed by atoms with Gasteiger partial charge in [0.25, 0.3) is 0 Å². The molecule has 18 heavy (non-hydrogen) atoms. The quantitative estimate of drug-likeness (QED) is 0.734. The Hall–Kier alpha value is -2.20. The molecule has 5 nitrogen and oxygen atoms in total. The molecule has 0 radical (unpaired) electrons. The van der Waals surface area contributed by atoms with Gasteiger partial charge < -0.3 is 15.8 Å². The molecule has 0 aromatic heterocycles. The number of hydrogen-bond acceptors (Lipinski definition) is 4. The van der Waals surface area contributed by atoms with Crippen LogP contribution in [0.5, 0.6) is 0 Å². The first-order chi connectivity index (χ1) is 8.54. The largest absolute Gasteiger partial charge is 0.378 e. The van der Waals surface area contributed by atoms with E-state index in [0.29, 0.717) is 0 Å². The van der Waals surface area contributed by atoms with Crippen molar-refractivity contribution >= 4 is 11.6 Å². The standard InChI is InChI=1S/C11H11F2N3O2/c12-8-3-7(5-14)4-9(13)11(8)16-1-2-18-6-10(15)17/h3-4,16H,1-2,6H2,(H2,15,17). The first-order valence-corrected chi connectivity index (χ1v) is 5.03. The van der Waals surface area contributed by atoms with Gasteiger partial charge in [-0.1, -0.05) is 0 Å². The number of hydrogen-bond donors (Lipinski definition) is 2. The molecule has 1 amide bonds.